The van der Waals surface area contributed by atoms with Crippen LogP contribution in [0.3, 0.4) is 0 Å². The van der Waals surface area contributed by atoms with Gasteiger partial charge in [-0.2, -0.15) is 0 Å². The Hall–Kier alpha value is -1.32. The average molecular weight is 292 g/mol. The third kappa shape index (κ3) is 2.17. The third-order valence-corrected chi connectivity index (χ3v) is 4.77. The number of anilines is 1. The van der Waals surface area contributed by atoms with Gasteiger partial charge in [-0.15, -0.1) is 11.6 Å². The monoisotopic (exact) mass is 291 g/mol. The van der Waals surface area contributed by atoms with Crippen LogP contribution in [-0.4, -0.2) is 14.2 Å². The highest BCUT2D eigenvalue weighted by molar-refractivity contribution is 8.00. The SMILES string of the molecule is COc1ccc2c(c1)SN(C)c1ccccc1C2Cl. The number of fused-ring (bicyclic) bond motifs is 2. The lowest BCUT2D eigenvalue weighted by Gasteiger charge is -2.18. The molecule has 1 unspecified atom stereocenters. The number of methoxy groups -OCH3 is 1. The smallest absolute Gasteiger partial charge is 0.120 e. The number of hydrogen-bond acceptors (Lipinski definition) is 3. The van der Waals surface area contributed by atoms with Crippen LogP contribution in [0.2, 0.25) is 0 Å². The molecule has 0 aliphatic carbocycles. The molecule has 0 spiro atoms. The summed E-state index contributed by atoms with van der Waals surface area (Å²) in [5, 5.41) is -0.130. The van der Waals surface area contributed by atoms with Crippen molar-refractivity contribution in [3.63, 3.8) is 0 Å². The standard InChI is InChI=1S/C15H14ClNOS/c1-17-13-6-4-3-5-11(13)15(16)12-8-7-10(18-2)9-14(12)19-17/h3-9,15H,1-2H3. The summed E-state index contributed by atoms with van der Waals surface area (Å²) in [4.78, 5) is 1.14. The van der Waals surface area contributed by atoms with Gasteiger partial charge in [0.25, 0.3) is 0 Å². The molecule has 2 aromatic carbocycles. The zero-order chi connectivity index (χ0) is 13.4. The molecule has 1 atom stereocenters. The van der Waals surface area contributed by atoms with Gasteiger partial charge in [0.1, 0.15) is 5.75 Å². The molecule has 0 aromatic heterocycles. The fourth-order valence-electron chi connectivity index (χ4n) is 2.28. The van der Waals surface area contributed by atoms with Gasteiger partial charge in [-0.3, -0.25) is 0 Å². The van der Waals surface area contributed by atoms with E-state index in [1.165, 1.54) is 0 Å². The maximum absolute atomic E-state index is 6.66. The summed E-state index contributed by atoms with van der Waals surface area (Å²) in [6.45, 7) is 0. The van der Waals surface area contributed by atoms with Gasteiger partial charge in [-0.1, -0.05) is 24.3 Å². The van der Waals surface area contributed by atoms with Gasteiger partial charge in [0.05, 0.1) is 18.2 Å². The van der Waals surface area contributed by atoms with Gasteiger partial charge >= 0.3 is 0 Å². The number of rotatable bonds is 1. The van der Waals surface area contributed by atoms with E-state index in [1.54, 1.807) is 19.1 Å². The first-order valence-corrected chi connectivity index (χ1v) is 7.24. The van der Waals surface area contributed by atoms with Gasteiger partial charge in [-0.05, 0) is 41.3 Å². The first kappa shape index (κ1) is 12.7. The van der Waals surface area contributed by atoms with Crippen molar-refractivity contribution in [1.82, 2.24) is 0 Å². The summed E-state index contributed by atoms with van der Waals surface area (Å²) in [7, 11) is 3.74. The molecule has 2 aromatic rings. The van der Waals surface area contributed by atoms with Crippen LogP contribution in [0.1, 0.15) is 16.5 Å². The molecule has 98 valence electrons. The predicted molar refractivity (Wildman–Crippen MR) is 81.4 cm³/mol. The highest BCUT2D eigenvalue weighted by Gasteiger charge is 2.25. The molecule has 0 saturated carbocycles. The fourth-order valence-corrected chi connectivity index (χ4v) is 3.74. The minimum atomic E-state index is -0.130. The Kier molecular flexibility index (Phi) is 3.33. The molecule has 1 aliphatic heterocycles. The van der Waals surface area contributed by atoms with Crippen LogP contribution in [0.4, 0.5) is 5.69 Å². The van der Waals surface area contributed by atoms with Crippen LogP contribution in [0.25, 0.3) is 0 Å². The van der Waals surface area contributed by atoms with Crippen LogP contribution >= 0.6 is 23.5 Å². The normalized spacial score (nSPS) is 17.4. The van der Waals surface area contributed by atoms with E-state index in [-0.39, 0.29) is 5.38 Å². The summed E-state index contributed by atoms with van der Waals surface area (Å²) in [5.41, 5.74) is 3.43. The molecule has 0 N–H and O–H groups in total. The second-order valence-corrected chi connectivity index (χ2v) is 6.02. The molecular weight excluding hydrogens is 278 g/mol. The summed E-state index contributed by atoms with van der Waals surface area (Å²) in [6, 6.07) is 14.3. The molecule has 0 radical (unpaired) electrons. The number of hydrogen-bond donors (Lipinski definition) is 0. The van der Waals surface area contributed by atoms with Crippen molar-refractivity contribution in [2.75, 3.05) is 18.5 Å². The van der Waals surface area contributed by atoms with Crippen LogP contribution in [0.15, 0.2) is 47.4 Å². The average Bonchev–Trinajstić information content (AvgIpc) is 2.55. The van der Waals surface area contributed by atoms with E-state index in [0.29, 0.717) is 0 Å². The quantitative estimate of drug-likeness (QED) is 0.568. The third-order valence-electron chi connectivity index (χ3n) is 3.28. The summed E-state index contributed by atoms with van der Waals surface area (Å²) in [6.07, 6.45) is 0. The number of nitrogens with zero attached hydrogens (tertiary/aromatic N) is 1. The van der Waals surface area contributed by atoms with E-state index in [2.05, 4.69) is 29.6 Å². The summed E-state index contributed by atoms with van der Waals surface area (Å²) < 4.78 is 7.44. The lowest BCUT2D eigenvalue weighted by molar-refractivity contribution is 0.413. The van der Waals surface area contributed by atoms with Crippen molar-refractivity contribution in [2.45, 2.75) is 10.3 Å². The van der Waals surface area contributed by atoms with Crippen LogP contribution in [0.5, 0.6) is 5.75 Å². The van der Waals surface area contributed by atoms with Crippen LogP contribution in [-0.2, 0) is 0 Å². The predicted octanol–water partition coefficient (Wildman–Crippen LogP) is 4.48. The Morgan fingerprint density at radius 1 is 1.16 bits per heavy atom. The largest absolute Gasteiger partial charge is 0.497 e. The zero-order valence-corrected chi connectivity index (χ0v) is 12.3. The Morgan fingerprint density at radius 3 is 2.74 bits per heavy atom. The summed E-state index contributed by atoms with van der Waals surface area (Å²) in [5.74, 6) is 0.856. The Labute approximate surface area is 122 Å². The fraction of sp³-hybridized carbons (Fsp3) is 0.200. The van der Waals surface area contributed by atoms with E-state index >= 15 is 0 Å². The molecule has 0 saturated heterocycles. The van der Waals surface area contributed by atoms with E-state index in [0.717, 1.165) is 27.5 Å². The second kappa shape index (κ2) is 4.99. The highest BCUT2D eigenvalue weighted by Crippen LogP contribution is 2.46. The van der Waals surface area contributed by atoms with Crippen molar-refractivity contribution in [3.05, 3.63) is 53.6 Å². The maximum Gasteiger partial charge on any atom is 0.120 e. The molecule has 1 aliphatic rings. The minimum absolute atomic E-state index is 0.130. The first-order chi connectivity index (χ1) is 9.20. The van der Waals surface area contributed by atoms with Crippen LogP contribution < -0.4 is 9.04 Å². The molecule has 2 nitrogen and oxygen atoms in total. The molecule has 0 fully saturated rings. The van der Waals surface area contributed by atoms with Crippen molar-refractivity contribution >= 4 is 29.2 Å². The highest BCUT2D eigenvalue weighted by atomic mass is 35.5. The molecule has 1 heterocycles. The molecular formula is C15H14ClNOS. The van der Waals surface area contributed by atoms with Gasteiger partial charge in [0, 0.05) is 11.9 Å². The molecule has 0 amide bonds. The van der Waals surface area contributed by atoms with E-state index in [1.807, 2.05) is 24.3 Å². The van der Waals surface area contributed by atoms with Crippen molar-refractivity contribution in [2.24, 2.45) is 0 Å². The van der Waals surface area contributed by atoms with Crippen molar-refractivity contribution in [1.29, 1.82) is 0 Å². The zero-order valence-electron chi connectivity index (χ0n) is 10.8. The summed E-state index contributed by atoms with van der Waals surface area (Å²) >= 11 is 8.34. The Balaban J connectivity index is 2.16. The lowest BCUT2D eigenvalue weighted by Crippen LogP contribution is -2.06. The number of ether oxygens (including phenoxy) is 1. The molecule has 3 rings (SSSR count). The number of benzene rings is 2. The maximum atomic E-state index is 6.66. The van der Waals surface area contributed by atoms with Gasteiger partial charge in [0.2, 0.25) is 0 Å². The van der Waals surface area contributed by atoms with Gasteiger partial charge in [-0.25, -0.2) is 0 Å². The first-order valence-electron chi connectivity index (χ1n) is 6.03. The number of halogens is 1. The van der Waals surface area contributed by atoms with Gasteiger partial charge < -0.3 is 9.04 Å². The lowest BCUT2D eigenvalue weighted by atomic mass is 10.0. The van der Waals surface area contributed by atoms with Crippen molar-refractivity contribution in [3.8, 4) is 5.75 Å². The van der Waals surface area contributed by atoms with E-state index in [9.17, 15) is 0 Å². The molecule has 4 heteroatoms. The topological polar surface area (TPSA) is 12.5 Å². The Bertz CT molecular complexity index is 617. The second-order valence-electron chi connectivity index (χ2n) is 4.41. The Morgan fingerprint density at radius 2 is 1.95 bits per heavy atom. The van der Waals surface area contributed by atoms with Gasteiger partial charge in [0.15, 0.2) is 0 Å². The van der Waals surface area contributed by atoms with Crippen molar-refractivity contribution < 1.29 is 4.74 Å². The molecule has 0 bridgehead atoms. The minimum Gasteiger partial charge on any atom is -0.497 e. The number of alkyl halides is 1. The number of para-hydroxylation sites is 1. The van der Waals surface area contributed by atoms with E-state index in [4.69, 9.17) is 16.3 Å². The van der Waals surface area contributed by atoms with Crippen LogP contribution in [0, 0.1) is 0 Å². The molecule has 19 heavy (non-hydrogen) atoms. The van der Waals surface area contributed by atoms with E-state index < -0.39 is 0 Å².